The molecule has 148 valence electrons. The molecule has 0 saturated heterocycles. The lowest BCUT2D eigenvalue weighted by Crippen LogP contribution is -2.10. The van der Waals surface area contributed by atoms with Crippen LogP contribution >= 0.6 is 11.3 Å². The lowest BCUT2D eigenvalue weighted by Gasteiger charge is -2.15. The molecular weight excluding hydrogens is 392 g/mol. The average molecular weight is 413 g/mol. The van der Waals surface area contributed by atoms with Crippen LogP contribution in [0.25, 0.3) is 15.9 Å². The predicted octanol–water partition coefficient (Wildman–Crippen LogP) is 5.79. The van der Waals surface area contributed by atoms with Gasteiger partial charge in [-0.25, -0.2) is 9.97 Å². The summed E-state index contributed by atoms with van der Waals surface area (Å²) in [5, 5.41) is 8.80. The number of nitrogens with one attached hydrogen (secondary N) is 2. The Morgan fingerprint density at radius 2 is 1.70 bits per heavy atom. The summed E-state index contributed by atoms with van der Waals surface area (Å²) in [5.41, 5.74) is 3.14. The molecule has 30 heavy (non-hydrogen) atoms. The summed E-state index contributed by atoms with van der Waals surface area (Å²) < 4.78 is 2.98. The summed E-state index contributed by atoms with van der Waals surface area (Å²) in [5.74, 6) is 2.06. The summed E-state index contributed by atoms with van der Waals surface area (Å²) in [7, 11) is 0. The number of hydrogen-bond donors (Lipinski definition) is 2. The van der Waals surface area contributed by atoms with Gasteiger partial charge in [0.15, 0.2) is 5.82 Å². The Hall–Kier alpha value is -3.71. The molecule has 2 aromatic carbocycles. The van der Waals surface area contributed by atoms with E-state index in [1.165, 1.54) is 5.56 Å². The number of imidazole rings is 1. The number of hydrogen-bond acceptors (Lipinski definition) is 6. The molecule has 3 heterocycles. The fourth-order valence-corrected chi connectivity index (χ4v) is 4.06. The smallest absolute Gasteiger partial charge is 0.225 e. The molecule has 0 spiro atoms. The summed E-state index contributed by atoms with van der Waals surface area (Å²) in [6.07, 6.45) is 3.75. The van der Waals surface area contributed by atoms with Gasteiger partial charge in [-0.2, -0.15) is 4.98 Å². The minimum Gasteiger partial charge on any atom is -0.348 e. The Kier molecular flexibility index (Phi) is 4.86. The average Bonchev–Trinajstić information content (AvgIpc) is 3.45. The number of para-hydroxylation sites is 1. The molecule has 6 nitrogen and oxygen atoms in total. The number of anilines is 3. The van der Waals surface area contributed by atoms with Crippen molar-refractivity contribution in [3.8, 4) is 5.69 Å². The quantitative estimate of drug-likeness (QED) is 0.369. The Labute approximate surface area is 178 Å². The summed E-state index contributed by atoms with van der Waals surface area (Å²) in [6.45, 7) is 2.10. The van der Waals surface area contributed by atoms with E-state index in [4.69, 9.17) is 4.98 Å². The van der Waals surface area contributed by atoms with Crippen LogP contribution in [0.2, 0.25) is 0 Å². The van der Waals surface area contributed by atoms with Gasteiger partial charge in [0.05, 0.1) is 22.5 Å². The highest BCUT2D eigenvalue weighted by Gasteiger charge is 2.13. The van der Waals surface area contributed by atoms with E-state index in [1.807, 2.05) is 70.7 Å². The van der Waals surface area contributed by atoms with E-state index < -0.39 is 0 Å². The third kappa shape index (κ3) is 3.75. The predicted molar refractivity (Wildman–Crippen MR) is 123 cm³/mol. The maximum Gasteiger partial charge on any atom is 0.225 e. The zero-order valence-corrected chi connectivity index (χ0v) is 17.2. The van der Waals surface area contributed by atoms with Crippen LogP contribution in [0.4, 0.5) is 17.6 Å². The van der Waals surface area contributed by atoms with Crippen molar-refractivity contribution < 1.29 is 0 Å². The van der Waals surface area contributed by atoms with E-state index in [0.717, 1.165) is 27.5 Å². The zero-order valence-electron chi connectivity index (χ0n) is 16.4. The Balaban J connectivity index is 1.43. The van der Waals surface area contributed by atoms with Crippen molar-refractivity contribution in [2.75, 3.05) is 10.6 Å². The van der Waals surface area contributed by atoms with Crippen LogP contribution < -0.4 is 10.6 Å². The van der Waals surface area contributed by atoms with Gasteiger partial charge >= 0.3 is 0 Å². The third-order valence-electron chi connectivity index (χ3n) is 4.83. The van der Waals surface area contributed by atoms with Gasteiger partial charge in [-0.05, 0) is 36.1 Å². The van der Waals surface area contributed by atoms with Crippen molar-refractivity contribution >= 4 is 39.1 Å². The van der Waals surface area contributed by atoms with Crippen LogP contribution in [0.15, 0.2) is 84.6 Å². The van der Waals surface area contributed by atoms with Gasteiger partial charge < -0.3 is 15.2 Å². The second kappa shape index (κ2) is 7.96. The molecule has 5 aromatic rings. The van der Waals surface area contributed by atoms with E-state index in [0.29, 0.717) is 5.95 Å². The topological polar surface area (TPSA) is 67.7 Å². The highest BCUT2D eigenvalue weighted by molar-refractivity contribution is 7.17. The van der Waals surface area contributed by atoms with Crippen LogP contribution in [0.3, 0.4) is 0 Å². The second-order valence-electron chi connectivity index (χ2n) is 6.93. The van der Waals surface area contributed by atoms with Gasteiger partial charge in [0.2, 0.25) is 5.95 Å². The zero-order chi connectivity index (χ0) is 20.3. The number of benzene rings is 2. The van der Waals surface area contributed by atoms with Gasteiger partial charge in [0.25, 0.3) is 0 Å². The third-order valence-corrected chi connectivity index (χ3v) is 5.74. The molecule has 5 rings (SSSR count). The van der Waals surface area contributed by atoms with E-state index in [1.54, 1.807) is 17.7 Å². The van der Waals surface area contributed by atoms with Crippen LogP contribution in [-0.4, -0.2) is 19.5 Å². The van der Waals surface area contributed by atoms with E-state index >= 15 is 0 Å². The fraction of sp³-hybridized carbons (Fsp3) is 0.0870. The van der Waals surface area contributed by atoms with Crippen molar-refractivity contribution in [3.63, 3.8) is 0 Å². The van der Waals surface area contributed by atoms with E-state index in [9.17, 15) is 0 Å². The fourth-order valence-electron chi connectivity index (χ4n) is 3.28. The maximum atomic E-state index is 4.74. The van der Waals surface area contributed by atoms with Crippen molar-refractivity contribution in [1.29, 1.82) is 0 Å². The first kappa shape index (κ1) is 18.3. The molecule has 1 atom stereocenters. The highest BCUT2D eigenvalue weighted by Crippen LogP contribution is 2.30. The highest BCUT2D eigenvalue weighted by atomic mass is 32.1. The number of thiophene rings is 1. The van der Waals surface area contributed by atoms with Crippen molar-refractivity contribution in [3.05, 3.63) is 90.2 Å². The van der Waals surface area contributed by atoms with Crippen molar-refractivity contribution in [2.45, 2.75) is 13.0 Å². The summed E-state index contributed by atoms with van der Waals surface area (Å²) in [4.78, 5) is 13.9. The minimum atomic E-state index is 0.0902. The van der Waals surface area contributed by atoms with Crippen molar-refractivity contribution in [1.82, 2.24) is 19.5 Å². The molecule has 3 aromatic heterocycles. The molecule has 0 fully saturated rings. The van der Waals surface area contributed by atoms with E-state index in [2.05, 4.69) is 39.7 Å². The summed E-state index contributed by atoms with van der Waals surface area (Å²) in [6, 6.07) is 22.5. The molecule has 2 N–H and O–H groups in total. The first-order chi connectivity index (χ1) is 14.8. The van der Waals surface area contributed by atoms with Crippen LogP contribution in [0.1, 0.15) is 18.5 Å². The molecule has 1 unspecified atom stereocenters. The molecule has 0 bridgehead atoms. The molecule has 0 amide bonds. The van der Waals surface area contributed by atoms with Crippen LogP contribution in [-0.2, 0) is 0 Å². The lowest BCUT2D eigenvalue weighted by molar-refractivity contribution is 0.864. The monoisotopic (exact) mass is 412 g/mol. The number of nitrogens with zero attached hydrogens (tertiary/aromatic N) is 4. The molecule has 0 aliphatic rings. The van der Waals surface area contributed by atoms with Gasteiger partial charge in [-0.1, -0.05) is 48.5 Å². The standard InChI is InChI=1S/C23H20N6S/c1-16(17-8-4-2-5-9-17)25-23-26-19-12-13-30-21(19)22(28-23)27-20-14-29(15-24-20)18-10-6-3-7-11-18/h2-16H,1H3,(H2,25,26,27,28). The normalized spacial score (nSPS) is 12.0. The SMILES string of the molecule is CC(Nc1nc(Nc2cn(-c3ccccc3)cn2)c2sccc2n1)c1ccccc1. The van der Waals surface area contributed by atoms with E-state index in [-0.39, 0.29) is 6.04 Å². The first-order valence-electron chi connectivity index (χ1n) is 9.69. The molecule has 0 aliphatic carbocycles. The Morgan fingerprint density at radius 3 is 2.50 bits per heavy atom. The van der Waals surface area contributed by atoms with Crippen LogP contribution in [0, 0.1) is 0 Å². The molecule has 0 radical (unpaired) electrons. The van der Waals surface area contributed by atoms with Gasteiger partial charge in [-0.3, -0.25) is 0 Å². The number of aromatic nitrogens is 4. The molecule has 0 saturated carbocycles. The largest absolute Gasteiger partial charge is 0.348 e. The molecule has 7 heteroatoms. The maximum absolute atomic E-state index is 4.74. The Bertz CT molecular complexity index is 1260. The van der Waals surface area contributed by atoms with Gasteiger partial charge in [0.1, 0.15) is 12.1 Å². The summed E-state index contributed by atoms with van der Waals surface area (Å²) >= 11 is 1.61. The molecule has 0 aliphatic heterocycles. The number of fused-ring (bicyclic) bond motifs is 1. The number of rotatable bonds is 6. The molecular formula is C23H20N6S. The second-order valence-corrected chi connectivity index (χ2v) is 7.85. The van der Waals surface area contributed by atoms with Crippen LogP contribution in [0.5, 0.6) is 0 Å². The lowest BCUT2D eigenvalue weighted by atomic mass is 10.1. The first-order valence-corrected chi connectivity index (χ1v) is 10.6. The van der Waals surface area contributed by atoms with Gasteiger partial charge in [-0.15, -0.1) is 11.3 Å². The minimum absolute atomic E-state index is 0.0902. The van der Waals surface area contributed by atoms with Gasteiger partial charge in [0, 0.05) is 5.69 Å². The van der Waals surface area contributed by atoms with Crippen molar-refractivity contribution in [2.24, 2.45) is 0 Å². The Morgan fingerprint density at radius 1 is 0.933 bits per heavy atom.